The fourth-order valence-electron chi connectivity index (χ4n) is 2.49. The second-order valence-electron chi connectivity index (χ2n) is 5.57. The van der Waals surface area contributed by atoms with E-state index >= 15 is 0 Å². The Morgan fingerprint density at radius 1 is 1.17 bits per heavy atom. The van der Waals surface area contributed by atoms with Gasteiger partial charge >= 0.3 is 0 Å². The van der Waals surface area contributed by atoms with Crippen LogP contribution in [0.4, 0.5) is 5.69 Å². The Labute approximate surface area is 145 Å². The monoisotopic (exact) mass is 344 g/mol. The highest BCUT2D eigenvalue weighted by Crippen LogP contribution is 2.28. The molecule has 0 spiro atoms. The first-order chi connectivity index (χ1) is 11.6. The van der Waals surface area contributed by atoms with E-state index in [1.54, 1.807) is 12.1 Å². The fraction of sp³-hybridized carbons (Fsp3) is 0.222. The molecule has 1 heterocycles. The van der Waals surface area contributed by atoms with Crippen LogP contribution in [0.15, 0.2) is 42.5 Å². The quantitative estimate of drug-likeness (QED) is 0.876. The lowest BCUT2D eigenvalue weighted by molar-refractivity contribution is -0.120. The van der Waals surface area contributed by atoms with E-state index in [4.69, 9.17) is 16.3 Å². The van der Waals surface area contributed by atoms with Crippen LogP contribution in [0.3, 0.4) is 0 Å². The highest BCUT2D eigenvalue weighted by Gasteiger charge is 2.16. The van der Waals surface area contributed by atoms with Crippen molar-refractivity contribution in [2.24, 2.45) is 0 Å². The van der Waals surface area contributed by atoms with E-state index in [9.17, 15) is 9.59 Å². The van der Waals surface area contributed by atoms with Crippen molar-refractivity contribution in [1.82, 2.24) is 5.32 Å². The Morgan fingerprint density at radius 3 is 2.71 bits per heavy atom. The van der Waals surface area contributed by atoms with Crippen LogP contribution in [0.1, 0.15) is 11.1 Å². The second-order valence-corrected chi connectivity index (χ2v) is 6.01. The minimum absolute atomic E-state index is 0.0253. The van der Waals surface area contributed by atoms with Gasteiger partial charge in [0.05, 0.1) is 12.1 Å². The molecule has 6 heteroatoms. The minimum Gasteiger partial charge on any atom is -0.482 e. The van der Waals surface area contributed by atoms with Gasteiger partial charge < -0.3 is 15.4 Å². The Morgan fingerprint density at radius 2 is 1.92 bits per heavy atom. The van der Waals surface area contributed by atoms with Gasteiger partial charge in [-0.15, -0.1) is 0 Å². The molecular weight excluding hydrogens is 328 g/mol. The summed E-state index contributed by atoms with van der Waals surface area (Å²) in [6.45, 7) is 0.586. The summed E-state index contributed by atoms with van der Waals surface area (Å²) < 4.78 is 5.30. The maximum Gasteiger partial charge on any atom is 0.262 e. The topological polar surface area (TPSA) is 67.4 Å². The lowest BCUT2D eigenvalue weighted by atomic mass is 10.1. The van der Waals surface area contributed by atoms with Crippen LogP contribution >= 0.6 is 11.6 Å². The summed E-state index contributed by atoms with van der Waals surface area (Å²) in [4.78, 5) is 23.4. The lowest BCUT2D eigenvalue weighted by Gasteiger charge is -2.18. The van der Waals surface area contributed by atoms with Gasteiger partial charge in [0.1, 0.15) is 5.75 Å². The van der Waals surface area contributed by atoms with E-state index in [2.05, 4.69) is 10.6 Å². The summed E-state index contributed by atoms with van der Waals surface area (Å²) in [6, 6.07) is 12.9. The molecular formula is C18H17ClN2O3. The molecule has 24 heavy (non-hydrogen) atoms. The molecule has 2 N–H and O–H groups in total. The van der Waals surface area contributed by atoms with Crippen LogP contribution in [0.5, 0.6) is 5.75 Å². The van der Waals surface area contributed by atoms with E-state index in [-0.39, 0.29) is 24.8 Å². The second kappa shape index (κ2) is 7.36. The minimum atomic E-state index is -0.188. The van der Waals surface area contributed by atoms with Gasteiger partial charge in [-0.3, -0.25) is 9.59 Å². The van der Waals surface area contributed by atoms with Crippen LogP contribution in [0, 0.1) is 0 Å². The van der Waals surface area contributed by atoms with Gasteiger partial charge in [-0.1, -0.05) is 29.8 Å². The molecule has 124 valence electrons. The van der Waals surface area contributed by atoms with E-state index in [0.717, 1.165) is 17.5 Å². The highest BCUT2D eigenvalue weighted by atomic mass is 35.5. The zero-order chi connectivity index (χ0) is 16.9. The fourth-order valence-corrected chi connectivity index (χ4v) is 2.61. The molecule has 0 bridgehead atoms. The molecule has 0 unspecified atom stereocenters. The smallest absolute Gasteiger partial charge is 0.262 e. The molecule has 2 amide bonds. The Kier molecular flexibility index (Phi) is 5.01. The predicted molar refractivity (Wildman–Crippen MR) is 92.4 cm³/mol. The van der Waals surface area contributed by atoms with Crippen molar-refractivity contribution < 1.29 is 14.3 Å². The molecule has 2 aromatic rings. The molecule has 0 saturated heterocycles. The number of hydrogen-bond acceptors (Lipinski definition) is 3. The molecule has 0 atom stereocenters. The first-order valence-corrected chi connectivity index (χ1v) is 8.05. The van der Waals surface area contributed by atoms with Gasteiger partial charge in [-0.05, 0) is 41.8 Å². The van der Waals surface area contributed by atoms with Crippen LogP contribution < -0.4 is 15.4 Å². The van der Waals surface area contributed by atoms with Crippen molar-refractivity contribution in [1.29, 1.82) is 0 Å². The van der Waals surface area contributed by atoms with E-state index in [1.165, 1.54) is 0 Å². The average molecular weight is 345 g/mol. The number of fused-ring (bicyclic) bond motifs is 1. The number of hydrogen-bond donors (Lipinski definition) is 2. The maximum atomic E-state index is 12.0. The number of carbonyl (C=O) groups is 2. The van der Waals surface area contributed by atoms with Crippen LogP contribution in [0.2, 0.25) is 5.02 Å². The molecule has 5 nitrogen and oxygen atoms in total. The number of carbonyl (C=O) groups excluding carboxylic acids is 2. The van der Waals surface area contributed by atoms with E-state index < -0.39 is 0 Å². The Hall–Kier alpha value is -2.53. The zero-order valence-electron chi connectivity index (χ0n) is 13.0. The highest BCUT2D eigenvalue weighted by molar-refractivity contribution is 6.30. The maximum absolute atomic E-state index is 12.0. The molecule has 0 aliphatic carbocycles. The van der Waals surface area contributed by atoms with Crippen molar-refractivity contribution in [3.05, 3.63) is 58.6 Å². The molecule has 1 aliphatic rings. The number of anilines is 1. The molecule has 0 radical (unpaired) electrons. The van der Waals surface area contributed by atoms with E-state index in [0.29, 0.717) is 23.0 Å². The third-order valence-electron chi connectivity index (χ3n) is 3.69. The third kappa shape index (κ3) is 4.26. The normalized spacial score (nSPS) is 12.8. The Balaban J connectivity index is 1.50. The van der Waals surface area contributed by atoms with Crippen molar-refractivity contribution in [2.45, 2.75) is 12.8 Å². The largest absolute Gasteiger partial charge is 0.482 e. The van der Waals surface area contributed by atoms with Gasteiger partial charge in [0.2, 0.25) is 5.91 Å². The van der Waals surface area contributed by atoms with Crippen LogP contribution in [-0.4, -0.2) is 25.0 Å². The number of nitrogens with one attached hydrogen (secondary N) is 2. The summed E-state index contributed by atoms with van der Waals surface area (Å²) in [5.41, 5.74) is 2.55. The van der Waals surface area contributed by atoms with Gasteiger partial charge in [0.15, 0.2) is 6.61 Å². The lowest BCUT2D eigenvalue weighted by Crippen LogP contribution is -2.28. The van der Waals surface area contributed by atoms with Crippen molar-refractivity contribution in [3.8, 4) is 5.75 Å². The summed E-state index contributed by atoms with van der Waals surface area (Å²) in [6.07, 6.45) is 1.00. The summed E-state index contributed by atoms with van der Waals surface area (Å²) >= 11 is 5.84. The van der Waals surface area contributed by atoms with E-state index in [1.807, 2.05) is 30.3 Å². The molecule has 1 aliphatic heterocycles. The molecule has 3 rings (SSSR count). The predicted octanol–water partition coefficient (Wildman–Crippen LogP) is 2.57. The van der Waals surface area contributed by atoms with Crippen molar-refractivity contribution in [2.75, 3.05) is 18.5 Å². The van der Waals surface area contributed by atoms with Crippen LogP contribution in [0.25, 0.3) is 0 Å². The van der Waals surface area contributed by atoms with Crippen LogP contribution in [-0.2, 0) is 22.4 Å². The number of amides is 2. The summed E-state index contributed by atoms with van der Waals surface area (Å²) in [5.74, 6) is 0.375. The number of ether oxygens (including phenoxy) is 1. The van der Waals surface area contributed by atoms with Gasteiger partial charge in [-0.25, -0.2) is 0 Å². The molecule has 0 saturated carbocycles. The van der Waals surface area contributed by atoms with Crippen molar-refractivity contribution in [3.63, 3.8) is 0 Å². The summed E-state index contributed by atoms with van der Waals surface area (Å²) in [7, 11) is 0. The van der Waals surface area contributed by atoms with Gasteiger partial charge in [0, 0.05) is 11.6 Å². The number of benzene rings is 2. The molecule has 2 aromatic carbocycles. The number of halogens is 1. The third-order valence-corrected chi connectivity index (χ3v) is 3.94. The SMILES string of the molecule is O=C(Cc1ccc2c(c1)NC(=O)CO2)NCCc1ccc(Cl)cc1. The Bertz CT molecular complexity index is 759. The number of rotatable bonds is 5. The first-order valence-electron chi connectivity index (χ1n) is 7.67. The zero-order valence-corrected chi connectivity index (χ0v) is 13.7. The summed E-state index contributed by atoms with van der Waals surface area (Å²) in [5, 5.41) is 6.33. The van der Waals surface area contributed by atoms with Gasteiger partial charge in [-0.2, -0.15) is 0 Å². The average Bonchev–Trinajstić information content (AvgIpc) is 2.56. The van der Waals surface area contributed by atoms with Crippen molar-refractivity contribution >= 4 is 29.1 Å². The van der Waals surface area contributed by atoms with Gasteiger partial charge in [0.25, 0.3) is 5.91 Å². The first kappa shape index (κ1) is 16.3. The molecule has 0 fully saturated rings. The molecule has 0 aromatic heterocycles. The standard InChI is InChI=1S/C18H17ClN2O3/c19-14-4-1-12(2-5-14)7-8-20-17(22)10-13-3-6-16-15(9-13)21-18(23)11-24-16/h1-6,9H,7-8,10-11H2,(H,20,22)(H,21,23).